The fraction of sp³-hybridized carbons (Fsp3) is 0.545. The number of allylic oxidation sites excluding steroid dienone is 2. The van der Waals surface area contributed by atoms with Gasteiger partial charge in [0, 0.05) is 19.8 Å². The van der Waals surface area contributed by atoms with Crippen molar-refractivity contribution in [3.05, 3.63) is 41.2 Å². The van der Waals surface area contributed by atoms with Crippen LogP contribution < -0.4 is 0 Å². The maximum absolute atomic E-state index is 13.2. The second-order valence-corrected chi connectivity index (χ2v) is 7.97. The average Bonchev–Trinajstić information content (AvgIpc) is 2.54. The molecule has 25 heavy (non-hydrogen) atoms. The molecule has 1 fully saturated rings. The molecular weight excluding hydrogens is 312 g/mol. The van der Waals surface area contributed by atoms with Gasteiger partial charge in [0.2, 0.25) is 0 Å². The van der Waals surface area contributed by atoms with Gasteiger partial charge >= 0.3 is 5.97 Å². The number of esters is 1. The van der Waals surface area contributed by atoms with Crippen LogP contribution in [0.25, 0.3) is 5.57 Å². The van der Waals surface area contributed by atoms with Crippen molar-refractivity contribution in [2.45, 2.75) is 71.6 Å². The van der Waals surface area contributed by atoms with Crippen molar-refractivity contribution in [2.24, 2.45) is 5.41 Å². The lowest BCUT2D eigenvalue weighted by Crippen LogP contribution is -2.33. The third-order valence-electron chi connectivity index (χ3n) is 5.66. The topological polar surface area (TPSA) is 43.4 Å². The molecule has 3 nitrogen and oxygen atoms in total. The molecule has 0 amide bonds. The minimum atomic E-state index is -0.338. The first-order chi connectivity index (χ1) is 11.9. The van der Waals surface area contributed by atoms with E-state index in [-0.39, 0.29) is 17.2 Å². The number of Topliss-reactive ketones (excluding diaryl/α,β-unsaturated/α-hetero) is 1. The molecule has 1 aromatic carbocycles. The Bertz CT molecular complexity index is 706. The molecule has 1 saturated carbocycles. The van der Waals surface area contributed by atoms with E-state index < -0.39 is 0 Å². The van der Waals surface area contributed by atoms with E-state index in [0.29, 0.717) is 30.1 Å². The smallest absolute Gasteiger partial charge is 0.307 e. The molecule has 134 valence electrons. The largest absolute Gasteiger partial charge is 0.430 e. The molecule has 2 aliphatic rings. The van der Waals surface area contributed by atoms with Gasteiger partial charge in [0.05, 0.1) is 5.57 Å². The summed E-state index contributed by atoms with van der Waals surface area (Å²) in [5.74, 6) is 0.701. The predicted octanol–water partition coefficient (Wildman–Crippen LogP) is 5.40. The van der Waals surface area contributed by atoms with E-state index in [1.165, 1.54) is 26.2 Å². The van der Waals surface area contributed by atoms with Crippen molar-refractivity contribution < 1.29 is 14.3 Å². The maximum Gasteiger partial charge on any atom is 0.307 e. The molecule has 0 aliphatic heterocycles. The number of carbonyl (C=O) groups excluding carboxylic acids is 2. The molecule has 0 aromatic heterocycles. The van der Waals surface area contributed by atoms with Gasteiger partial charge in [-0.15, -0.1) is 0 Å². The highest BCUT2D eigenvalue weighted by Gasteiger charge is 2.42. The standard InChI is InChI=1S/C22H28O3/c1-15(2)17-9-5-6-10-18(17)21-19(24)13-22(11-7-4-8-12-22)14-20(21)25-16(3)23/h5-6,9-10,15H,4,7-8,11-14H2,1-3H3. The van der Waals surface area contributed by atoms with Gasteiger partial charge in [-0.2, -0.15) is 0 Å². The van der Waals surface area contributed by atoms with Crippen LogP contribution in [0.4, 0.5) is 0 Å². The number of ketones is 1. The molecule has 3 rings (SSSR count). The molecule has 1 spiro atoms. The van der Waals surface area contributed by atoms with Crippen LogP contribution in [0.3, 0.4) is 0 Å². The summed E-state index contributed by atoms with van der Waals surface area (Å²) in [6.07, 6.45) is 6.98. The van der Waals surface area contributed by atoms with E-state index in [1.807, 2.05) is 18.2 Å². The third-order valence-corrected chi connectivity index (χ3v) is 5.66. The number of carbonyl (C=O) groups is 2. The summed E-state index contributed by atoms with van der Waals surface area (Å²) in [7, 11) is 0. The third kappa shape index (κ3) is 3.70. The van der Waals surface area contributed by atoms with E-state index in [9.17, 15) is 9.59 Å². The number of rotatable bonds is 3. The maximum atomic E-state index is 13.2. The Hall–Kier alpha value is -1.90. The fourth-order valence-corrected chi connectivity index (χ4v) is 4.52. The lowest BCUT2D eigenvalue weighted by atomic mass is 9.64. The summed E-state index contributed by atoms with van der Waals surface area (Å²) in [5, 5.41) is 0. The summed E-state index contributed by atoms with van der Waals surface area (Å²) in [4.78, 5) is 24.9. The van der Waals surface area contributed by atoms with Gasteiger partial charge in [-0.05, 0) is 35.3 Å². The first-order valence-corrected chi connectivity index (χ1v) is 9.46. The van der Waals surface area contributed by atoms with E-state index >= 15 is 0 Å². The molecule has 0 saturated heterocycles. The Balaban J connectivity index is 2.10. The Morgan fingerprint density at radius 3 is 2.40 bits per heavy atom. The second-order valence-electron chi connectivity index (χ2n) is 7.97. The van der Waals surface area contributed by atoms with Crippen LogP contribution >= 0.6 is 0 Å². The van der Waals surface area contributed by atoms with Gasteiger partial charge in [0.25, 0.3) is 0 Å². The number of ether oxygens (including phenoxy) is 1. The van der Waals surface area contributed by atoms with Gasteiger partial charge in [-0.25, -0.2) is 0 Å². The molecule has 0 unspecified atom stereocenters. The second kappa shape index (κ2) is 7.15. The van der Waals surface area contributed by atoms with E-state index in [1.54, 1.807) is 0 Å². The molecule has 0 N–H and O–H groups in total. The molecule has 0 heterocycles. The van der Waals surface area contributed by atoms with Gasteiger partial charge in [0.1, 0.15) is 5.76 Å². The van der Waals surface area contributed by atoms with Crippen LogP contribution in [-0.4, -0.2) is 11.8 Å². The first-order valence-electron chi connectivity index (χ1n) is 9.46. The van der Waals surface area contributed by atoms with Crippen molar-refractivity contribution in [3.63, 3.8) is 0 Å². The molecule has 0 atom stereocenters. The zero-order valence-corrected chi connectivity index (χ0v) is 15.6. The lowest BCUT2D eigenvalue weighted by Gasteiger charge is -2.41. The van der Waals surface area contributed by atoms with Crippen LogP contribution in [0.5, 0.6) is 0 Å². The van der Waals surface area contributed by atoms with Gasteiger partial charge in [0.15, 0.2) is 5.78 Å². The Morgan fingerprint density at radius 1 is 1.08 bits per heavy atom. The van der Waals surface area contributed by atoms with Gasteiger partial charge < -0.3 is 4.74 Å². The highest BCUT2D eigenvalue weighted by molar-refractivity contribution is 6.22. The predicted molar refractivity (Wildman–Crippen MR) is 99.0 cm³/mol. The Morgan fingerprint density at radius 2 is 1.76 bits per heavy atom. The lowest BCUT2D eigenvalue weighted by molar-refractivity contribution is -0.137. The summed E-state index contributed by atoms with van der Waals surface area (Å²) < 4.78 is 5.61. The van der Waals surface area contributed by atoms with E-state index in [2.05, 4.69) is 19.9 Å². The van der Waals surface area contributed by atoms with Crippen LogP contribution in [0.15, 0.2) is 30.0 Å². The first kappa shape index (κ1) is 17.9. The number of benzene rings is 1. The Kier molecular flexibility index (Phi) is 5.12. The van der Waals surface area contributed by atoms with E-state index in [0.717, 1.165) is 24.0 Å². The summed E-state index contributed by atoms with van der Waals surface area (Å²) in [6, 6.07) is 8.01. The van der Waals surface area contributed by atoms with Gasteiger partial charge in [-0.1, -0.05) is 57.4 Å². The normalized spacial score (nSPS) is 20.2. The SMILES string of the molecule is CC(=O)OC1=C(c2ccccc2C(C)C)C(=O)CC2(CCCCC2)C1. The highest BCUT2D eigenvalue weighted by Crippen LogP contribution is 2.50. The monoisotopic (exact) mass is 340 g/mol. The molecule has 3 heteroatoms. The summed E-state index contributed by atoms with van der Waals surface area (Å²) in [5.41, 5.74) is 2.70. The van der Waals surface area contributed by atoms with Crippen molar-refractivity contribution in [1.29, 1.82) is 0 Å². The molecule has 0 bridgehead atoms. The Labute approximate surface area is 150 Å². The minimum absolute atomic E-state index is 0.00358. The fourth-order valence-electron chi connectivity index (χ4n) is 4.52. The van der Waals surface area contributed by atoms with Crippen molar-refractivity contribution >= 4 is 17.3 Å². The van der Waals surface area contributed by atoms with Crippen LogP contribution in [-0.2, 0) is 14.3 Å². The zero-order valence-electron chi connectivity index (χ0n) is 15.6. The summed E-state index contributed by atoms with van der Waals surface area (Å²) >= 11 is 0. The van der Waals surface area contributed by atoms with Gasteiger partial charge in [-0.3, -0.25) is 9.59 Å². The molecule has 2 aliphatic carbocycles. The quantitative estimate of drug-likeness (QED) is 0.692. The van der Waals surface area contributed by atoms with Crippen molar-refractivity contribution in [3.8, 4) is 0 Å². The minimum Gasteiger partial charge on any atom is -0.430 e. The van der Waals surface area contributed by atoms with Crippen LogP contribution in [0.1, 0.15) is 82.8 Å². The molecular formula is C22H28O3. The van der Waals surface area contributed by atoms with Crippen LogP contribution in [0, 0.1) is 5.41 Å². The highest BCUT2D eigenvalue weighted by atomic mass is 16.5. The van der Waals surface area contributed by atoms with Crippen molar-refractivity contribution in [1.82, 2.24) is 0 Å². The van der Waals surface area contributed by atoms with Crippen molar-refractivity contribution in [2.75, 3.05) is 0 Å². The van der Waals surface area contributed by atoms with E-state index in [4.69, 9.17) is 4.74 Å². The zero-order chi connectivity index (χ0) is 18.0. The summed E-state index contributed by atoms with van der Waals surface area (Å²) in [6.45, 7) is 5.67. The molecule has 0 radical (unpaired) electrons. The number of hydrogen-bond acceptors (Lipinski definition) is 3. The molecule has 1 aromatic rings. The van der Waals surface area contributed by atoms with Crippen LogP contribution in [0.2, 0.25) is 0 Å². The number of hydrogen-bond donors (Lipinski definition) is 0. The average molecular weight is 340 g/mol.